The lowest BCUT2D eigenvalue weighted by Crippen LogP contribution is -1.95. The average Bonchev–Trinajstić information content (AvgIpc) is 2.70. The van der Waals surface area contributed by atoms with Crippen LogP contribution in [0.15, 0.2) is 22.5 Å². The molecule has 8 heteroatoms. The third-order valence-corrected chi connectivity index (χ3v) is 5.30. The monoisotopic (exact) mass is 322 g/mol. The summed E-state index contributed by atoms with van der Waals surface area (Å²) in [6.45, 7) is 0. The molecule has 0 N–H and O–H groups in total. The van der Waals surface area contributed by atoms with Gasteiger partial charge < -0.3 is 0 Å². The van der Waals surface area contributed by atoms with Gasteiger partial charge in [0.15, 0.2) is 0 Å². The van der Waals surface area contributed by atoms with Gasteiger partial charge in [-0.25, -0.2) is 8.42 Å². The molecule has 0 saturated heterocycles. The molecule has 0 bridgehead atoms. The average molecular weight is 323 g/mol. The fourth-order valence-corrected chi connectivity index (χ4v) is 3.44. The second-order valence-electron chi connectivity index (χ2n) is 3.65. The number of sulfone groups is 1. The van der Waals surface area contributed by atoms with Crippen molar-refractivity contribution in [2.75, 3.05) is 6.26 Å². The van der Waals surface area contributed by atoms with Gasteiger partial charge in [0.25, 0.3) is 0 Å². The molecule has 4 nitrogen and oxygen atoms in total. The van der Waals surface area contributed by atoms with Gasteiger partial charge in [-0.3, -0.25) is 0 Å². The fourth-order valence-electron chi connectivity index (χ4n) is 1.29. The third kappa shape index (κ3) is 3.20. The SMILES string of the molecule is CS(=O)(=O)c1nnc(Cc2ccc(Cl)cc2Cl)s1. The van der Waals surface area contributed by atoms with Crippen molar-refractivity contribution < 1.29 is 8.42 Å². The van der Waals surface area contributed by atoms with E-state index in [0.717, 1.165) is 23.2 Å². The molecule has 0 radical (unpaired) electrons. The van der Waals surface area contributed by atoms with Gasteiger partial charge in [-0.15, -0.1) is 10.2 Å². The first-order chi connectivity index (χ1) is 8.36. The molecular formula is C10H8Cl2N2O2S2. The zero-order valence-corrected chi connectivity index (χ0v) is 12.4. The number of halogens is 2. The number of aromatic nitrogens is 2. The maximum absolute atomic E-state index is 11.3. The number of benzene rings is 1. The predicted octanol–water partition coefficient (Wildman–Crippen LogP) is 2.84. The minimum Gasteiger partial charge on any atom is -0.221 e. The molecule has 2 aromatic rings. The molecule has 0 spiro atoms. The van der Waals surface area contributed by atoms with Crippen molar-refractivity contribution in [3.05, 3.63) is 38.8 Å². The van der Waals surface area contributed by atoms with Gasteiger partial charge in [0.2, 0.25) is 14.2 Å². The van der Waals surface area contributed by atoms with Crippen molar-refractivity contribution in [2.24, 2.45) is 0 Å². The van der Waals surface area contributed by atoms with Crippen molar-refractivity contribution in [3.8, 4) is 0 Å². The molecule has 0 unspecified atom stereocenters. The Morgan fingerprint density at radius 2 is 2.00 bits per heavy atom. The molecule has 1 aromatic carbocycles. The summed E-state index contributed by atoms with van der Waals surface area (Å²) in [6, 6.07) is 5.14. The molecule has 2 rings (SSSR count). The van der Waals surface area contributed by atoms with Gasteiger partial charge in [0, 0.05) is 22.7 Å². The summed E-state index contributed by atoms with van der Waals surface area (Å²) >= 11 is 12.9. The molecule has 0 atom stereocenters. The summed E-state index contributed by atoms with van der Waals surface area (Å²) in [5, 5.41) is 9.16. The van der Waals surface area contributed by atoms with E-state index in [1.165, 1.54) is 0 Å². The van der Waals surface area contributed by atoms with Crippen molar-refractivity contribution in [1.29, 1.82) is 0 Å². The van der Waals surface area contributed by atoms with Crippen LogP contribution in [0.5, 0.6) is 0 Å². The van der Waals surface area contributed by atoms with Crippen molar-refractivity contribution in [1.82, 2.24) is 10.2 Å². The second kappa shape index (κ2) is 5.13. The summed E-state index contributed by atoms with van der Waals surface area (Å²) in [4.78, 5) is 0. The normalized spacial score (nSPS) is 11.7. The standard InChI is InChI=1S/C10H8Cl2N2O2S2/c1-18(15,16)10-14-13-9(17-10)4-6-2-3-7(11)5-8(6)12/h2-3,5H,4H2,1H3. The highest BCUT2D eigenvalue weighted by Crippen LogP contribution is 2.25. The van der Waals surface area contributed by atoms with Gasteiger partial charge in [-0.1, -0.05) is 40.6 Å². The lowest BCUT2D eigenvalue weighted by atomic mass is 10.2. The smallest absolute Gasteiger partial charge is 0.221 e. The number of hydrogen-bond donors (Lipinski definition) is 0. The topological polar surface area (TPSA) is 59.9 Å². The Morgan fingerprint density at radius 3 is 2.56 bits per heavy atom. The highest BCUT2D eigenvalue weighted by molar-refractivity contribution is 7.92. The van der Waals surface area contributed by atoms with Crippen molar-refractivity contribution in [3.63, 3.8) is 0 Å². The van der Waals surface area contributed by atoms with Gasteiger partial charge in [0.05, 0.1) is 0 Å². The summed E-state index contributed by atoms with van der Waals surface area (Å²) in [5.41, 5.74) is 0.831. The third-order valence-electron chi connectivity index (χ3n) is 2.12. The van der Waals surface area contributed by atoms with E-state index >= 15 is 0 Å². The summed E-state index contributed by atoms with van der Waals surface area (Å²) < 4.78 is 22.6. The van der Waals surface area contributed by atoms with Crippen LogP contribution in [0.4, 0.5) is 0 Å². The summed E-state index contributed by atoms with van der Waals surface area (Å²) in [5.74, 6) is 0. The highest BCUT2D eigenvalue weighted by Gasteiger charge is 2.15. The molecule has 1 heterocycles. The molecule has 0 fully saturated rings. The van der Waals surface area contributed by atoms with Crippen molar-refractivity contribution in [2.45, 2.75) is 10.8 Å². The largest absolute Gasteiger partial charge is 0.232 e. The molecule has 1 aromatic heterocycles. The van der Waals surface area contributed by atoms with E-state index in [1.54, 1.807) is 18.2 Å². The maximum Gasteiger partial charge on any atom is 0.232 e. The molecule has 96 valence electrons. The first kappa shape index (κ1) is 13.7. The lowest BCUT2D eigenvalue weighted by Gasteiger charge is -2.01. The first-order valence-corrected chi connectivity index (χ1v) is 8.29. The Kier molecular flexibility index (Phi) is 3.91. The number of rotatable bonds is 3. The maximum atomic E-state index is 11.3. The van der Waals surface area contributed by atoms with E-state index in [4.69, 9.17) is 23.2 Å². The zero-order valence-electron chi connectivity index (χ0n) is 9.22. The van der Waals surface area contributed by atoms with E-state index < -0.39 is 9.84 Å². The van der Waals surface area contributed by atoms with E-state index in [0.29, 0.717) is 21.5 Å². The Morgan fingerprint density at radius 1 is 1.28 bits per heavy atom. The van der Waals surface area contributed by atoms with Crippen LogP contribution in [0.2, 0.25) is 10.0 Å². The van der Waals surface area contributed by atoms with Crippen molar-refractivity contribution >= 4 is 44.4 Å². The van der Waals surface area contributed by atoms with E-state index in [9.17, 15) is 8.42 Å². The van der Waals surface area contributed by atoms with Crippen LogP contribution in [-0.2, 0) is 16.3 Å². The van der Waals surface area contributed by atoms with Gasteiger partial charge in [-0.2, -0.15) is 0 Å². The van der Waals surface area contributed by atoms with Gasteiger partial charge in [0.1, 0.15) is 5.01 Å². The Hall–Kier alpha value is -0.690. The summed E-state index contributed by atoms with van der Waals surface area (Å²) in [6.07, 6.45) is 1.54. The fraction of sp³-hybridized carbons (Fsp3) is 0.200. The van der Waals surface area contributed by atoms with Gasteiger partial charge in [-0.05, 0) is 17.7 Å². The lowest BCUT2D eigenvalue weighted by molar-refractivity contribution is 0.600. The van der Waals surface area contributed by atoms with E-state index in [2.05, 4.69) is 10.2 Å². The molecule has 18 heavy (non-hydrogen) atoms. The Bertz CT molecular complexity index is 683. The van der Waals surface area contributed by atoms with Gasteiger partial charge >= 0.3 is 0 Å². The predicted molar refractivity (Wildman–Crippen MR) is 72.3 cm³/mol. The Labute approximate surface area is 118 Å². The molecule has 0 saturated carbocycles. The number of hydrogen-bond acceptors (Lipinski definition) is 5. The second-order valence-corrected chi connectivity index (χ2v) is 7.74. The quantitative estimate of drug-likeness (QED) is 0.871. The van der Waals surface area contributed by atoms with Crippen LogP contribution < -0.4 is 0 Å². The Balaban J connectivity index is 2.27. The van der Waals surface area contributed by atoms with Crippen LogP contribution in [0.25, 0.3) is 0 Å². The molecule has 0 aliphatic carbocycles. The molecule has 0 amide bonds. The van der Waals surface area contributed by atoms with Crippen LogP contribution in [0, 0.1) is 0 Å². The summed E-state index contributed by atoms with van der Waals surface area (Å²) in [7, 11) is -3.30. The zero-order chi connectivity index (χ0) is 13.3. The van der Waals surface area contributed by atoms with E-state index in [-0.39, 0.29) is 4.34 Å². The molecule has 0 aliphatic rings. The molecule has 0 aliphatic heterocycles. The van der Waals surface area contributed by atoms with Crippen LogP contribution >= 0.6 is 34.5 Å². The first-order valence-electron chi connectivity index (χ1n) is 4.82. The van der Waals surface area contributed by atoms with E-state index in [1.807, 2.05) is 0 Å². The minimum atomic E-state index is -3.30. The van der Waals surface area contributed by atoms with Crippen LogP contribution in [-0.4, -0.2) is 24.9 Å². The van der Waals surface area contributed by atoms with Crippen LogP contribution in [0.3, 0.4) is 0 Å². The van der Waals surface area contributed by atoms with Crippen LogP contribution in [0.1, 0.15) is 10.6 Å². The minimum absolute atomic E-state index is 0.0163. The molecular weight excluding hydrogens is 315 g/mol. The number of nitrogens with zero attached hydrogens (tertiary/aromatic N) is 2. The highest BCUT2D eigenvalue weighted by atomic mass is 35.5.